The summed E-state index contributed by atoms with van der Waals surface area (Å²) in [5.41, 5.74) is 0.685. The van der Waals surface area contributed by atoms with Crippen LogP contribution < -0.4 is 0 Å². The molecule has 0 spiro atoms. The van der Waals surface area contributed by atoms with Crippen molar-refractivity contribution >= 4 is 40.6 Å². The predicted molar refractivity (Wildman–Crippen MR) is 200 cm³/mol. The van der Waals surface area contributed by atoms with Gasteiger partial charge in [-0.3, -0.25) is 9.59 Å². The Kier molecular flexibility index (Phi) is 18.4. The van der Waals surface area contributed by atoms with Gasteiger partial charge in [0.1, 0.15) is 30.7 Å². The largest absolute Gasteiger partial charge is 0.451 e. The van der Waals surface area contributed by atoms with E-state index in [4.69, 9.17) is 33.2 Å². The normalized spacial score (nSPS) is 44.2. The Morgan fingerprint density at radius 1 is 0.906 bits per heavy atom. The second-order valence-electron chi connectivity index (χ2n) is 14.8. The highest BCUT2D eigenvalue weighted by atomic mass is 127. The molecule has 15 nitrogen and oxygen atoms in total. The lowest BCUT2D eigenvalue weighted by Crippen LogP contribution is -2.63. The van der Waals surface area contributed by atoms with E-state index in [1.54, 1.807) is 59.7 Å². The molecule has 0 radical (unpaired) electrons. The number of nitrogens with zero attached hydrogens (tertiary/aromatic N) is 1. The second-order valence-corrected chi connectivity index (χ2v) is 16.0. The van der Waals surface area contributed by atoms with Gasteiger partial charge in [-0.1, -0.05) is 31.6 Å². The van der Waals surface area contributed by atoms with Crippen LogP contribution in [0.15, 0.2) is 23.8 Å². The standard InChI is InChI=1S/C37H60INO14/c1-18-10-11-25(41)19(2)15-23(12-13-40)32(53-36-31(46)28(39(6)7)29(44)21(4)50-36)20(3)26(42)16-27(43)52-35(38)24(14-18)17-49-37-34(48-9)33(47-8)30(45)22(5)51-37/h10-11,13-14,19-24,26,28-37,42,44-46H,12,15-17H2,1-9H3/b11-10+,18-14+/t19-,20+,21-,22-,23+,24-,26-,28+,29-,30-,31-,32-,33-,34-,35+,36+,37?/m1/s1. The minimum absolute atomic E-state index is 0.00673. The average Bonchev–Trinajstić information content (AvgIpc) is 3.09. The Morgan fingerprint density at radius 2 is 1.53 bits per heavy atom. The Hall–Kier alpha value is -1.42. The number of ketones is 1. The molecule has 0 aromatic heterocycles. The number of esters is 1. The maximum absolute atomic E-state index is 13.5. The van der Waals surface area contributed by atoms with E-state index < -0.39 is 114 Å². The van der Waals surface area contributed by atoms with Crippen LogP contribution in [-0.4, -0.2) is 156 Å². The van der Waals surface area contributed by atoms with Gasteiger partial charge < -0.3 is 63.3 Å². The quantitative estimate of drug-likeness (QED) is 0.107. The summed E-state index contributed by atoms with van der Waals surface area (Å²) in [5, 5.41) is 44.1. The first-order valence-electron chi connectivity index (χ1n) is 18.1. The number of cyclic esters (lactones) is 1. The molecular weight excluding hydrogens is 809 g/mol. The number of halogens is 1. The number of aldehydes is 1. The number of likely N-dealkylation sites (N-methyl/N-ethyl adjacent to an activating group) is 1. The van der Waals surface area contributed by atoms with E-state index in [9.17, 15) is 34.8 Å². The molecule has 0 amide bonds. The van der Waals surface area contributed by atoms with Gasteiger partial charge >= 0.3 is 5.97 Å². The van der Waals surface area contributed by atoms with Crippen LogP contribution in [0.1, 0.15) is 53.9 Å². The zero-order valence-electron chi connectivity index (χ0n) is 32.1. The summed E-state index contributed by atoms with van der Waals surface area (Å²) in [6.45, 7) is 8.55. The summed E-state index contributed by atoms with van der Waals surface area (Å²) in [5.74, 6) is -3.43. The predicted octanol–water partition coefficient (Wildman–Crippen LogP) is 1.54. The third-order valence-corrected chi connectivity index (χ3v) is 11.7. The second kappa shape index (κ2) is 21.2. The summed E-state index contributed by atoms with van der Waals surface area (Å²) < 4.78 is 40.5. The molecule has 2 fully saturated rings. The van der Waals surface area contributed by atoms with Gasteiger partial charge in [-0.25, -0.2) is 0 Å². The van der Waals surface area contributed by atoms with Crippen LogP contribution >= 0.6 is 22.6 Å². The SMILES string of the molecule is CO[C@@H]1[C@H](O)[C@@H](C)OC(OC[C@H]2/C=C(C)/C=C/C(=O)[C@H](C)C[C@H](CC=O)[C@H](O[C@@H]3O[C@H](C)[C@@H](O)[C@H](N(C)C)[C@H]3O)[C@@H](C)[C@H](O)CC(=O)O[C@@H]2I)[C@@H]1OC. The first kappa shape index (κ1) is 46.0. The molecule has 53 heavy (non-hydrogen) atoms. The van der Waals surface area contributed by atoms with E-state index in [2.05, 4.69) is 0 Å². The van der Waals surface area contributed by atoms with E-state index in [0.717, 1.165) is 0 Å². The van der Waals surface area contributed by atoms with Crippen LogP contribution in [0.4, 0.5) is 0 Å². The molecule has 304 valence electrons. The van der Waals surface area contributed by atoms with Crippen molar-refractivity contribution in [2.45, 2.75) is 132 Å². The molecule has 16 heteroatoms. The van der Waals surface area contributed by atoms with Gasteiger partial charge in [0.15, 0.2) is 22.5 Å². The van der Waals surface area contributed by atoms with Crippen molar-refractivity contribution in [2.75, 3.05) is 34.9 Å². The molecule has 3 aliphatic heterocycles. The fourth-order valence-corrected chi connectivity index (χ4v) is 7.96. The molecule has 17 atom stereocenters. The molecule has 0 bridgehead atoms. The van der Waals surface area contributed by atoms with Crippen molar-refractivity contribution in [2.24, 2.45) is 23.7 Å². The third kappa shape index (κ3) is 12.0. The van der Waals surface area contributed by atoms with Gasteiger partial charge in [-0.15, -0.1) is 0 Å². The number of aliphatic hydroxyl groups is 4. The van der Waals surface area contributed by atoms with Gasteiger partial charge in [0.2, 0.25) is 0 Å². The molecule has 0 aromatic carbocycles. The number of alkyl halides is 1. The topological polar surface area (TPSA) is 200 Å². The average molecular weight is 870 g/mol. The molecule has 0 saturated carbocycles. The Labute approximate surface area is 326 Å². The van der Waals surface area contributed by atoms with Gasteiger partial charge in [0, 0.05) is 38.4 Å². The van der Waals surface area contributed by atoms with Crippen molar-refractivity contribution in [3.8, 4) is 0 Å². The van der Waals surface area contributed by atoms with Crippen molar-refractivity contribution in [3.05, 3.63) is 23.8 Å². The van der Waals surface area contributed by atoms with Gasteiger partial charge in [0.05, 0.1) is 49.6 Å². The van der Waals surface area contributed by atoms with E-state index >= 15 is 0 Å². The number of aliphatic hydroxyl groups excluding tert-OH is 4. The smallest absolute Gasteiger partial charge is 0.309 e. The zero-order valence-corrected chi connectivity index (χ0v) is 34.3. The number of hydrogen-bond donors (Lipinski definition) is 4. The third-order valence-electron chi connectivity index (χ3n) is 10.5. The number of carbonyl (C=O) groups is 3. The molecule has 4 N–H and O–H groups in total. The summed E-state index contributed by atoms with van der Waals surface area (Å²) in [7, 11) is 6.34. The van der Waals surface area contributed by atoms with Gasteiger partial charge in [0.25, 0.3) is 0 Å². The minimum atomic E-state index is -1.32. The van der Waals surface area contributed by atoms with Crippen LogP contribution in [0.3, 0.4) is 0 Å². The van der Waals surface area contributed by atoms with Crippen LogP contribution in [-0.2, 0) is 47.5 Å². The molecule has 3 heterocycles. The van der Waals surface area contributed by atoms with E-state index in [1.165, 1.54) is 20.3 Å². The van der Waals surface area contributed by atoms with Crippen molar-refractivity contribution in [1.29, 1.82) is 0 Å². The summed E-state index contributed by atoms with van der Waals surface area (Å²) in [6.07, 6.45) is -5.13. The fourth-order valence-electron chi connectivity index (χ4n) is 7.27. The lowest BCUT2D eigenvalue weighted by atomic mass is 9.79. The van der Waals surface area contributed by atoms with Crippen molar-refractivity contribution < 1.29 is 68.0 Å². The number of allylic oxidation sites excluding steroid dienone is 3. The highest BCUT2D eigenvalue weighted by molar-refractivity contribution is 14.1. The van der Waals surface area contributed by atoms with E-state index in [-0.39, 0.29) is 25.2 Å². The molecule has 0 aromatic rings. The van der Waals surface area contributed by atoms with Gasteiger partial charge in [-0.05, 0) is 75.9 Å². The van der Waals surface area contributed by atoms with Crippen LogP contribution in [0.2, 0.25) is 0 Å². The zero-order chi connectivity index (χ0) is 39.7. The lowest BCUT2D eigenvalue weighted by molar-refractivity contribution is -0.304. The molecular formula is C37H60INO14. The number of rotatable bonds is 10. The number of hydrogen-bond acceptors (Lipinski definition) is 15. The molecule has 0 aliphatic carbocycles. The number of methoxy groups -OCH3 is 2. The Balaban J connectivity index is 1.93. The number of carbonyl (C=O) groups excluding carboxylic acids is 3. The number of ether oxygens (including phenoxy) is 7. The minimum Gasteiger partial charge on any atom is -0.451 e. The molecule has 2 saturated heterocycles. The van der Waals surface area contributed by atoms with Crippen LogP contribution in [0, 0.1) is 23.7 Å². The van der Waals surface area contributed by atoms with Crippen LogP contribution in [0.5, 0.6) is 0 Å². The van der Waals surface area contributed by atoms with E-state index in [0.29, 0.717) is 11.9 Å². The van der Waals surface area contributed by atoms with Crippen LogP contribution in [0.25, 0.3) is 0 Å². The highest BCUT2D eigenvalue weighted by Crippen LogP contribution is 2.35. The van der Waals surface area contributed by atoms with Crippen molar-refractivity contribution in [1.82, 2.24) is 4.90 Å². The highest BCUT2D eigenvalue weighted by Gasteiger charge is 2.48. The first-order valence-corrected chi connectivity index (χ1v) is 19.4. The van der Waals surface area contributed by atoms with Gasteiger partial charge in [-0.2, -0.15) is 0 Å². The Morgan fingerprint density at radius 3 is 2.13 bits per heavy atom. The lowest BCUT2D eigenvalue weighted by Gasteiger charge is -2.46. The first-order chi connectivity index (χ1) is 24.9. The van der Waals surface area contributed by atoms with Crippen molar-refractivity contribution in [3.63, 3.8) is 0 Å². The maximum atomic E-state index is 13.5. The monoisotopic (exact) mass is 869 g/mol. The fraction of sp³-hybridized carbons (Fsp3) is 0.811. The van der Waals surface area contributed by atoms with E-state index in [1.807, 2.05) is 28.7 Å². The summed E-state index contributed by atoms with van der Waals surface area (Å²) in [4.78, 5) is 40.5. The maximum Gasteiger partial charge on any atom is 0.309 e. The summed E-state index contributed by atoms with van der Waals surface area (Å²) >= 11 is 1.98. The Bertz CT molecular complexity index is 1250. The molecule has 1 unspecified atom stereocenters. The molecule has 3 aliphatic rings. The molecule has 3 rings (SSSR count). The summed E-state index contributed by atoms with van der Waals surface area (Å²) in [6, 6.07) is -0.740.